The molecule has 4 rings (SSSR count). The van der Waals surface area contributed by atoms with E-state index in [-0.39, 0.29) is 6.29 Å². The summed E-state index contributed by atoms with van der Waals surface area (Å²) in [5, 5.41) is 0.969. The van der Waals surface area contributed by atoms with Crippen molar-refractivity contribution in [3.05, 3.63) is 16.1 Å². The first kappa shape index (κ1) is 15.1. The Bertz CT molecular complexity index is 553. The maximum atomic E-state index is 5.56. The monoisotopic (exact) mass is 322 g/mol. The zero-order valence-corrected chi connectivity index (χ0v) is 14.6. The van der Waals surface area contributed by atoms with Crippen molar-refractivity contribution in [2.75, 3.05) is 19.8 Å². The van der Waals surface area contributed by atoms with Crippen LogP contribution in [0.4, 0.5) is 0 Å². The SMILES string of the molecule is CC1(C)[C@H]2CC[C@](C)(C2)CN1Cc1cnc(C2OCCO2)s1. The van der Waals surface area contributed by atoms with Gasteiger partial charge in [0.1, 0.15) is 5.01 Å². The first-order valence-electron chi connectivity index (χ1n) is 8.39. The molecule has 22 heavy (non-hydrogen) atoms. The highest BCUT2D eigenvalue weighted by Gasteiger charge is 2.51. The number of hydrogen-bond donors (Lipinski definition) is 0. The fraction of sp³-hybridized carbons (Fsp3) is 0.824. The van der Waals surface area contributed by atoms with Gasteiger partial charge in [0.2, 0.25) is 6.29 Å². The minimum atomic E-state index is -0.234. The maximum absolute atomic E-state index is 5.56. The van der Waals surface area contributed by atoms with E-state index in [0.717, 1.165) is 17.5 Å². The molecule has 1 saturated carbocycles. The van der Waals surface area contributed by atoms with Crippen molar-refractivity contribution in [1.82, 2.24) is 9.88 Å². The molecule has 2 saturated heterocycles. The Kier molecular flexibility index (Phi) is 3.60. The Hall–Kier alpha value is -0.490. The van der Waals surface area contributed by atoms with E-state index in [2.05, 4.69) is 30.7 Å². The number of rotatable bonds is 3. The number of hydrogen-bond acceptors (Lipinski definition) is 5. The van der Waals surface area contributed by atoms with Gasteiger partial charge in [0, 0.05) is 29.7 Å². The molecule has 0 radical (unpaired) electrons. The molecular weight excluding hydrogens is 296 g/mol. The fourth-order valence-corrected chi connectivity index (χ4v) is 5.38. The van der Waals surface area contributed by atoms with Crippen molar-refractivity contribution in [2.24, 2.45) is 11.3 Å². The molecule has 0 aromatic carbocycles. The van der Waals surface area contributed by atoms with Gasteiger partial charge in [0.05, 0.1) is 13.2 Å². The lowest BCUT2D eigenvalue weighted by Gasteiger charge is -2.50. The van der Waals surface area contributed by atoms with Crippen molar-refractivity contribution in [3.63, 3.8) is 0 Å². The van der Waals surface area contributed by atoms with Crippen LogP contribution in [0.5, 0.6) is 0 Å². The van der Waals surface area contributed by atoms with Gasteiger partial charge in [0.15, 0.2) is 0 Å². The number of likely N-dealkylation sites (tertiary alicyclic amines) is 1. The van der Waals surface area contributed by atoms with Gasteiger partial charge in [-0.2, -0.15) is 0 Å². The molecule has 3 heterocycles. The van der Waals surface area contributed by atoms with E-state index in [1.807, 2.05) is 6.20 Å². The van der Waals surface area contributed by atoms with Crippen molar-refractivity contribution < 1.29 is 9.47 Å². The van der Waals surface area contributed by atoms with E-state index in [0.29, 0.717) is 24.2 Å². The van der Waals surface area contributed by atoms with Crippen LogP contribution in [0.15, 0.2) is 6.20 Å². The van der Waals surface area contributed by atoms with Crippen molar-refractivity contribution >= 4 is 11.3 Å². The highest BCUT2D eigenvalue weighted by Crippen LogP contribution is 2.53. The molecule has 2 bridgehead atoms. The third kappa shape index (κ3) is 2.52. The summed E-state index contributed by atoms with van der Waals surface area (Å²) in [7, 11) is 0. The van der Waals surface area contributed by atoms with Gasteiger partial charge in [-0.15, -0.1) is 11.3 Å². The van der Waals surface area contributed by atoms with Gasteiger partial charge >= 0.3 is 0 Å². The van der Waals surface area contributed by atoms with Gasteiger partial charge in [-0.25, -0.2) is 4.98 Å². The van der Waals surface area contributed by atoms with Crippen LogP contribution in [-0.4, -0.2) is 35.2 Å². The molecule has 4 nitrogen and oxygen atoms in total. The van der Waals surface area contributed by atoms with E-state index in [4.69, 9.17) is 9.47 Å². The van der Waals surface area contributed by atoms with Crippen LogP contribution >= 0.6 is 11.3 Å². The molecule has 0 N–H and O–H groups in total. The van der Waals surface area contributed by atoms with Crippen LogP contribution in [-0.2, 0) is 16.0 Å². The minimum Gasteiger partial charge on any atom is -0.344 e. The van der Waals surface area contributed by atoms with E-state index in [9.17, 15) is 0 Å². The third-order valence-electron chi connectivity index (χ3n) is 5.96. The van der Waals surface area contributed by atoms with Gasteiger partial charge in [-0.1, -0.05) is 6.92 Å². The predicted octanol–water partition coefficient (Wildman–Crippen LogP) is 3.59. The highest BCUT2D eigenvalue weighted by molar-refractivity contribution is 7.11. The average molecular weight is 322 g/mol. The molecule has 1 aromatic rings. The number of aromatic nitrogens is 1. The smallest absolute Gasteiger partial charge is 0.211 e. The Labute approximate surface area is 136 Å². The average Bonchev–Trinajstić information content (AvgIpc) is 3.15. The Balaban J connectivity index is 1.50. The van der Waals surface area contributed by atoms with E-state index < -0.39 is 0 Å². The summed E-state index contributed by atoms with van der Waals surface area (Å²) in [6.07, 6.45) is 5.95. The zero-order chi connectivity index (χ0) is 15.4. The minimum absolute atomic E-state index is 0.234. The van der Waals surface area contributed by atoms with E-state index in [1.54, 1.807) is 11.3 Å². The lowest BCUT2D eigenvalue weighted by Crippen LogP contribution is -2.54. The summed E-state index contributed by atoms with van der Waals surface area (Å²) in [5.74, 6) is 0.833. The van der Waals surface area contributed by atoms with Crippen molar-refractivity contribution in [3.8, 4) is 0 Å². The number of nitrogens with zero attached hydrogens (tertiary/aromatic N) is 2. The van der Waals surface area contributed by atoms with Crippen LogP contribution in [0.25, 0.3) is 0 Å². The molecular formula is C17H26N2O2S. The molecule has 2 atom stereocenters. The van der Waals surface area contributed by atoms with Crippen LogP contribution in [0.1, 0.15) is 56.2 Å². The fourth-order valence-electron chi connectivity index (χ4n) is 4.44. The van der Waals surface area contributed by atoms with Crippen molar-refractivity contribution in [1.29, 1.82) is 0 Å². The molecule has 0 spiro atoms. The van der Waals surface area contributed by atoms with Gasteiger partial charge in [-0.05, 0) is 44.4 Å². The third-order valence-corrected chi connectivity index (χ3v) is 6.97. The molecule has 122 valence electrons. The summed E-state index contributed by atoms with van der Waals surface area (Å²) in [6.45, 7) is 10.9. The second-order valence-corrected chi connectivity index (χ2v) is 9.15. The van der Waals surface area contributed by atoms with Crippen molar-refractivity contribution in [2.45, 2.75) is 58.4 Å². The molecule has 1 aliphatic carbocycles. The molecule has 0 amide bonds. The van der Waals surface area contributed by atoms with Gasteiger partial charge in [-0.3, -0.25) is 4.90 Å². The molecule has 3 aliphatic rings. The number of fused-ring (bicyclic) bond motifs is 2. The zero-order valence-electron chi connectivity index (χ0n) is 13.8. The topological polar surface area (TPSA) is 34.6 Å². The first-order chi connectivity index (χ1) is 10.5. The Morgan fingerprint density at radius 1 is 1.32 bits per heavy atom. The first-order valence-corrected chi connectivity index (χ1v) is 9.21. The molecule has 5 heteroatoms. The largest absolute Gasteiger partial charge is 0.344 e. The van der Waals surface area contributed by atoms with E-state index >= 15 is 0 Å². The van der Waals surface area contributed by atoms with Crippen LogP contribution in [0.3, 0.4) is 0 Å². The van der Waals surface area contributed by atoms with Crippen LogP contribution in [0, 0.1) is 11.3 Å². The molecule has 0 unspecified atom stereocenters. The predicted molar refractivity (Wildman–Crippen MR) is 86.7 cm³/mol. The highest BCUT2D eigenvalue weighted by atomic mass is 32.1. The summed E-state index contributed by atoms with van der Waals surface area (Å²) in [6, 6.07) is 0. The van der Waals surface area contributed by atoms with Crippen LogP contribution < -0.4 is 0 Å². The number of ether oxygens (including phenoxy) is 2. The second kappa shape index (κ2) is 5.26. The molecule has 1 aromatic heterocycles. The maximum Gasteiger partial charge on any atom is 0.211 e. The van der Waals surface area contributed by atoms with Gasteiger partial charge in [0.25, 0.3) is 0 Å². The lowest BCUT2D eigenvalue weighted by atomic mass is 9.75. The Morgan fingerprint density at radius 2 is 2.09 bits per heavy atom. The summed E-state index contributed by atoms with van der Waals surface area (Å²) in [5.41, 5.74) is 0.811. The Morgan fingerprint density at radius 3 is 2.86 bits per heavy atom. The summed E-state index contributed by atoms with van der Waals surface area (Å²) < 4.78 is 11.1. The quantitative estimate of drug-likeness (QED) is 0.852. The molecule has 3 fully saturated rings. The van der Waals surface area contributed by atoms with E-state index in [1.165, 1.54) is 30.7 Å². The number of piperidine rings is 1. The van der Waals surface area contributed by atoms with Crippen LogP contribution in [0.2, 0.25) is 0 Å². The summed E-state index contributed by atoms with van der Waals surface area (Å²) in [4.78, 5) is 8.53. The second-order valence-electron chi connectivity index (χ2n) is 8.00. The molecule has 2 aliphatic heterocycles. The lowest BCUT2D eigenvalue weighted by molar-refractivity contribution is -0.0442. The number of thiazole rings is 1. The normalized spacial score (nSPS) is 35.3. The van der Waals surface area contributed by atoms with Gasteiger partial charge < -0.3 is 9.47 Å². The standard InChI is InChI=1S/C17H26N2O2S/c1-16(2)12-4-5-17(3,8-12)11-19(16)10-13-9-18-14(22-13)15-20-6-7-21-15/h9,12,15H,4-8,10-11H2,1-3H3/t12-,17+/m0/s1. The summed E-state index contributed by atoms with van der Waals surface area (Å²) >= 11 is 1.74.